The van der Waals surface area contributed by atoms with Gasteiger partial charge in [0.25, 0.3) is 11.9 Å². The van der Waals surface area contributed by atoms with E-state index in [1.54, 1.807) is 32.0 Å². The molecule has 0 aliphatic carbocycles. The summed E-state index contributed by atoms with van der Waals surface area (Å²) in [5, 5.41) is 62.1. The zero-order valence-corrected chi connectivity index (χ0v) is 59.6. The number of methoxy groups -OCH3 is 2. The zero-order valence-electron chi connectivity index (χ0n) is 57.3. The number of aliphatic carboxylic acids is 2. The molecular weight excluding hydrogens is 1380 g/mol. The summed E-state index contributed by atoms with van der Waals surface area (Å²) in [6.45, 7) is 12.2. The van der Waals surface area contributed by atoms with Crippen molar-refractivity contribution in [2.75, 3.05) is 40.6 Å². The summed E-state index contributed by atoms with van der Waals surface area (Å²) in [6, 6.07) is 25.2. The molecule has 3 aromatic carbocycles. The van der Waals surface area contributed by atoms with E-state index in [2.05, 4.69) is 36.6 Å². The van der Waals surface area contributed by atoms with E-state index in [4.69, 9.17) is 51.8 Å². The van der Waals surface area contributed by atoms with Gasteiger partial charge in [-0.1, -0.05) is 118 Å². The average molecular weight is 1460 g/mol. The predicted molar refractivity (Wildman–Crippen MR) is 372 cm³/mol. The molecule has 2 fully saturated rings. The van der Waals surface area contributed by atoms with Gasteiger partial charge in [-0.2, -0.15) is 0 Å². The number of carboxylic acid groups (broad SMARTS) is 2. The quantitative estimate of drug-likeness (QED) is 0.0143. The van der Waals surface area contributed by atoms with Crippen LogP contribution in [-0.2, 0) is 68.3 Å². The molecule has 2 aliphatic rings. The molecule has 0 radical (unpaired) electrons. The number of thiazole rings is 1. The first-order valence-corrected chi connectivity index (χ1v) is 33.8. The topological polar surface area (TPSA) is 424 Å². The third-order valence-corrected chi connectivity index (χ3v) is 17.5. The van der Waals surface area contributed by atoms with Gasteiger partial charge in [0.05, 0.1) is 78.6 Å². The molecule has 9 atom stereocenters. The number of benzene rings is 3. The lowest BCUT2D eigenvalue weighted by atomic mass is 9.66. The second-order valence-electron chi connectivity index (χ2n) is 25.1. The van der Waals surface area contributed by atoms with Crippen molar-refractivity contribution < 1.29 is 102 Å². The Kier molecular flexibility index (Phi) is 32.8. The van der Waals surface area contributed by atoms with Crippen LogP contribution in [-0.4, -0.2) is 196 Å². The van der Waals surface area contributed by atoms with Crippen LogP contribution in [0.1, 0.15) is 121 Å². The molecule has 5 amide bonds. The van der Waals surface area contributed by atoms with Crippen LogP contribution in [0.25, 0.3) is 11.3 Å². The third-order valence-electron chi connectivity index (χ3n) is 16.0. The first-order valence-electron chi connectivity index (χ1n) is 32.2. The van der Waals surface area contributed by atoms with Gasteiger partial charge < -0.3 is 75.5 Å². The number of carbonyl (C=O) groups excluding carboxylic acids is 9. The molecule has 28 nitrogen and oxygen atoms in total. The minimum Gasteiger partial charge on any atom is -0.508 e. The molecule has 0 saturated carbocycles. The van der Waals surface area contributed by atoms with Crippen LogP contribution in [0.4, 0.5) is 0 Å². The number of hydrogen-bond acceptors (Lipinski definition) is 22. The average Bonchev–Trinajstić information content (AvgIpc) is 1.76. The molecule has 0 bridgehead atoms. The Hall–Kier alpha value is -8.36. The number of nitrogens with one attached hydrogen (secondary N) is 5. The smallest absolute Gasteiger partial charge is 0.508 e. The lowest BCUT2D eigenvalue weighted by Gasteiger charge is -2.37. The molecule has 0 spiro atoms. The Morgan fingerprint density at radius 2 is 1.39 bits per heavy atom. The maximum absolute atomic E-state index is 13.2. The van der Waals surface area contributed by atoms with Gasteiger partial charge in [-0.15, -0.1) is 11.3 Å². The largest absolute Gasteiger partial charge is 0.552 e. The SMILES string of the molecule is CC(C)C[C@H](NC(=O)CCC(=O)c1cc(Cl)ccc1Cl)B1OC(=O)CC(CC(=O)O)(C(=O)O)O1.CC(C)[C@H](CNC(=O)[C@@H](CC(=O)c1cccc(-c2ccccc2)n1)[C@@H](C)O)B(O)O.COC[C@H](NC(=O)c1cnc(C)s1)C(=O)N[C@@H](COC)C(=O)N[C@@H](Cc1ccccc1)C(=O)[C@@]1(C)CO1. The van der Waals surface area contributed by atoms with Gasteiger partial charge in [0, 0.05) is 62.0 Å². The summed E-state index contributed by atoms with van der Waals surface area (Å²) in [7, 11) is -0.315. The number of ether oxygens (including phenoxy) is 3. The van der Waals surface area contributed by atoms with Gasteiger partial charge in [0.15, 0.2) is 23.0 Å². The van der Waals surface area contributed by atoms with E-state index in [0.717, 1.165) is 11.1 Å². The number of rotatable bonds is 35. The highest BCUT2D eigenvalue weighted by molar-refractivity contribution is 7.13. The van der Waals surface area contributed by atoms with Crippen LogP contribution in [0.2, 0.25) is 15.9 Å². The normalized spacial score (nSPS) is 17.4. The van der Waals surface area contributed by atoms with Crippen molar-refractivity contribution in [2.24, 2.45) is 17.8 Å². The van der Waals surface area contributed by atoms with E-state index >= 15 is 0 Å². The first kappa shape index (κ1) is 83.3. The zero-order chi connectivity index (χ0) is 74.9. The Bertz CT molecular complexity index is 3670. The number of Topliss-reactive ketones (excluding diaryl/α,β-unsaturated/α-hetero) is 3. The maximum Gasteiger partial charge on any atom is 0.552 e. The van der Waals surface area contributed by atoms with Crippen LogP contribution in [0.3, 0.4) is 0 Å². The molecule has 7 rings (SSSR count). The van der Waals surface area contributed by atoms with Crippen molar-refractivity contribution in [3.05, 3.63) is 140 Å². The molecule has 1 unspecified atom stereocenters. The van der Waals surface area contributed by atoms with Crippen molar-refractivity contribution >= 4 is 114 Å². The first-order chi connectivity index (χ1) is 47.7. The van der Waals surface area contributed by atoms with Crippen molar-refractivity contribution in [3.8, 4) is 11.3 Å². The van der Waals surface area contributed by atoms with Crippen LogP contribution in [0, 0.1) is 24.7 Å². The number of epoxide rings is 1. The molecule has 33 heteroatoms. The fourth-order valence-electron chi connectivity index (χ4n) is 10.3. The highest BCUT2D eigenvalue weighted by Gasteiger charge is 2.55. The molecule has 4 heterocycles. The summed E-state index contributed by atoms with van der Waals surface area (Å²) in [4.78, 5) is 146. The van der Waals surface area contributed by atoms with Crippen LogP contribution in [0.15, 0.2) is 103 Å². The molecule has 2 aromatic heterocycles. The van der Waals surface area contributed by atoms with E-state index in [0.29, 0.717) is 20.6 Å². The highest BCUT2D eigenvalue weighted by atomic mass is 35.5. The van der Waals surface area contributed by atoms with Crippen molar-refractivity contribution in [2.45, 2.75) is 141 Å². The van der Waals surface area contributed by atoms with Crippen LogP contribution in [0.5, 0.6) is 0 Å². The Morgan fingerprint density at radius 3 is 1.93 bits per heavy atom. The van der Waals surface area contributed by atoms with Crippen molar-refractivity contribution in [1.29, 1.82) is 0 Å². The lowest BCUT2D eigenvalue weighted by Crippen LogP contribution is -2.61. The fourth-order valence-corrected chi connectivity index (χ4v) is 11.4. The summed E-state index contributed by atoms with van der Waals surface area (Å²) in [5.41, 5.74) is -0.499. The van der Waals surface area contributed by atoms with Crippen LogP contribution >= 0.6 is 34.5 Å². The second-order valence-corrected chi connectivity index (χ2v) is 27.1. The molecule has 2 saturated heterocycles. The summed E-state index contributed by atoms with van der Waals surface area (Å²) in [6.07, 6.45) is -1.54. The van der Waals surface area contributed by atoms with Crippen molar-refractivity contribution in [3.63, 3.8) is 0 Å². The summed E-state index contributed by atoms with van der Waals surface area (Å²) < 4.78 is 26.2. The molecular formula is C68H85B2Cl2N7O21S. The number of amides is 5. The predicted octanol–water partition coefficient (Wildman–Crippen LogP) is 5.12. The minimum absolute atomic E-state index is 0.0350. The van der Waals surface area contributed by atoms with Crippen LogP contribution < -0.4 is 26.6 Å². The maximum atomic E-state index is 13.2. The Labute approximate surface area is 599 Å². The molecule has 544 valence electrons. The van der Waals surface area contributed by atoms with E-state index in [9.17, 15) is 73.0 Å². The number of aliphatic hydroxyl groups is 1. The number of ketones is 3. The number of aliphatic hydroxyl groups excluding tert-OH is 1. The fraction of sp³-hybridized carbons (Fsp3) is 0.456. The Morgan fingerprint density at radius 1 is 0.772 bits per heavy atom. The molecule has 10 N–H and O–H groups in total. The van der Waals surface area contributed by atoms with E-state index in [-0.39, 0.29) is 98.2 Å². The number of halogens is 2. The van der Waals surface area contributed by atoms with E-state index in [1.807, 2.05) is 88.4 Å². The van der Waals surface area contributed by atoms with Gasteiger partial charge in [-0.3, -0.25) is 47.9 Å². The van der Waals surface area contributed by atoms with E-state index < -0.39 is 133 Å². The number of pyridine rings is 1. The van der Waals surface area contributed by atoms with Gasteiger partial charge in [0.2, 0.25) is 23.6 Å². The summed E-state index contributed by atoms with van der Waals surface area (Å²) in [5.74, 6) is -10.5. The highest BCUT2D eigenvalue weighted by Crippen LogP contribution is 2.32. The molecule has 101 heavy (non-hydrogen) atoms. The molecule has 2 aliphatic heterocycles. The number of hydrogen-bond donors (Lipinski definition) is 10. The summed E-state index contributed by atoms with van der Waals surface area (Å²) >= 11 is 13.1. The van der Waals surface area contributed by atoms with Gasteiger partial charge in [-0.05, 0) is 81.3 Å². The number of carboxylic acids is 2. The van der Waals surface area contributed by atoms with Gasteiger partial charge in [0.1, 0.15) is 28.3 Å². The second kappa shape index (κ2) is 39.7. The van der Waals surface area contributed by atoms with Gasteiger partial charge in [-0.25, -0.2) is 14.8 Å². The van der Waals surface area contributed by atoms with Crippen molar-refractivity contribution in [1.82, 2.24) is 36.6 Å². The number of nitrogens with zero attached hydrogens (tertiary/aromatic N) is 2. The lowest BCUT2D eigenvalue weighted by molar-refractivity contribution is -0.175. The number of carbonyl (C=O) groups is 11. The van der Waals surface area contributed by atoms with Gasteiger partial charge >= 0.3 is 26.2 Å². The standard InChI is InChI=1S/C25H32N4O7S.C22H29BN2O5.C21H24BCl2NO9/c1-15-26-11-20(37-15)24(33)29-19(13-35-4)23(32)28-18(12-34-3)22(31)27-17(21(30)25(2)14-36-25)10-16-8-6-5-7-9-16;1-14(2)18(23(29)30)13-24-22(28)17(15(3)26)12-21(27)20-11-7-10-19(25-20)16-8-5-4-6-9-16;1-11(2)7-16(22-33-19(30)10-21(34-22,20(31)32)9-18(28)29)25-17(27)6-5-15(26)13-8-12(23)3-4-14(13)24/h5-9,11,17-19H,10,12-14H2,1-4H3,(H,27,31)(H,28,32)(H,29,33);4-11,14-15,17-18,26,29-30H,12-13H2,1-3H3,(H,24,28);3-4,8,11,16H,5-7,9-10H2,1-2H3,(H,25,27)(H,28,29)(H,31,32)/t17-,18-,19-,25+;15-,17+,18+;16-,21?/m010/s1. The van der Waals surface area contributed by atoms with E-state index in [1.165, 1.54) is 56.9 Å². The number of aromatic nitrogens is 2. The Balaban J connectivity index is 0.000000274. The minimum atomic E-state index is -2.33. The third kappa shape index (κ3) is 26.2. The number of aryl methyl sites for hydroxylation is 1. The molecule has 5 aromatic rings. The monoisotopic (exact) mass is 1460 g/mol.